The predicted molar refractivity (Wildman–Crippen MR) is 116 cm³/mol. The van der Waals surface area contributed by atoms with Gasteiger partial charge >= 0.3 is 0 Å². The van der Waals surface area contributed by atoms with Gasteiger partial charge in [-0.05, 0) is 44.4 Å². The van der Waals surface area contributed by atoms with E-state index in [1.807, 2.05) is 38.1 Å². The van der Waals surface area contributed by atoms with Crippen LogP contribution < -0.4 is 14.2 Å². The molecule has 0 saturated carbocycles. The lowest BCUT2D eigenvalue weighted by molar-refractivity contribution is -0.328. The zero-order chi connectivity index (χ0) is 22.6. The molecule has 0 aromatic heterocycles. The van der Waals surface area contributed by atoms with Gasteiger partial charge in [0.1, 0.15) is 23.1 Å². The van der Waals surface area contributed by atoms with Gasteiger partial charge in [0, 0.05) is 18.1 Å². The van der Waals surface area contributed by atoms with Crippen molar-refractivity contribution in [1.82, 2.24) is 0 Å². The van der Waals surface area contributed by atoms with Gasteiger partial charge < -0.3 is 28.4 Å². The van der Waals surface area contributed by atoms with Crippen molar-refractivity contribution in [2.45, 2.75) is 62.6 Å². The molecule has 0 amide bonds. The lowest BCUT2D eigenvalue weighted by atomic mass is 9.71. The molecule has 0 bridgehead atoms. The Morgan fingerprint density at radius 2 is 1.84 bits per heavy atom. The van der Waals surface area contributed by atoms with Crippen LogP contribution in [0.5, 0.6) is 17.2 Å². The van der Waals surface area contributed by atoms with E-state index < -0.39 is 17.0 Å². The molecule has 0 N–H and O–H groups in total. The van der Waals surface area contributed by atoms with Crippen LogP contribution in [-0.2, 0) is 25.4 Å². The zero-order valence-electron chi connectivity index (χ0n) is 18.5. The molecule has 4 aliphatic rings. The summed E-state index contributed by atoms with van der Waals surface area (Å²) in [6.07, 6.45) is 6.69. The predicted octanol–water partition coefficient (Wildman–Crippen LogP) is 4.00. The van der Waals surface area contributed by atoms with Crippen molar-refractivity contribution < 1.29 is 33.2 Å². The van der Waals surface area contributed by atoms with Crippen molar-refractivity contribution >= 4 is 5.78 Å². The van der Waals surface area contributed by atoms with Crippen molar-refractivity contribution in [3.63, 3.8) is 0 Å². The van der Waals surface area contributed by atoms with Crippen LogP contribution in [0.1, 0.15) is 38.7 Å². The lowest BCUT2D eigenvalue weighted by Crippen LogP contribution is -2.68. The fraction of sp³-hybridized carbons (Fsp3) is 0.480. The minimum Gasteiger partial charge on any atom is -0.487 e. The number of carbonyl (C=O) groups is 1. The van der Waals surface area contributed by atoms with Crippen LogP contribution in [0.2, 0.25) is 0 Å². The molecule has 0 radical (unpaired) electrons. The van der Waals surface area contributed by atoms with E-state index in [1.165, 1.54) is 0 Å². The molecule has 1 aromatic rings. The highest BCUT2D eigenvalue weighted by atomic mass is 16.8. The minimum absolute atomic E-state index is 0.00904. The third-order valence-corrected chi connectivity index (χ3v) is 6.66. The Bertz CT molecular complexity index is 1010. The Balaban J connectivity index is 1.52. The summed E-state index contributed by atoms with van der Waals surface area (Å²) in [5, 5.41) is 0. The summed E-state index contributed by atoms with van der Waals surface area (Å²) >= 11 is 0. The average Bonchev–Trinajstić information content (AvgIpc) is 3.32. The SMILES string of the molecule is C=CCC1=C[C@]23C[C@@H](Oc4cc5c(cc4CC=C)OCO5)C(C)(C)O[C@@]2(CC1=O)OCO3. The second-order valence-corrected chi connectivity index (χ2v) is 9.13. The van der Waals surface area contributed by atoms with E-state index in [0.29, 0.717) is 42.1 Å². The highest BCUT2D eigenvalue weighted by Crippen LogP contribution is 2.55. The molecule has 2 saturated heterocycles. The third kappa shape index (κ3) is 3.18. The highest BCUT2D eigenvalue weighted by molar-refractivity contribution is 5.97. The largest absolute Gasteiger partial charge is 0.487 e. The van der Waals surface area contributed by atoms with E-state index in [2.05, 4.69) is 13.2 Å². The van der Waals surface area contributed by atoms with E-state index in [-0.39, 0.29) is 31.9 Å². The van der Waals surface area contributed by atoms with Crippen LogP contribution in [0.4, 0.5) is 0 Å². The molecule has 1 aliphatic carbocycles. The molecule has 7 heteroatoms. The van der Waals surface area contributed by atoms with Gasteiger partial charge in [0.2, 0.25) is 12.6 Å². The van der Waals surface area contributed by atoms with Gasteiger partial charge in [-0.1, -0.05) is 12.2 Å². The summed E-state index contributed by atoms with van der Waals surface area (Å²) in [5.74, 6) is 0.857. The number of rotatable bonds is 6. The number of ketones is 1. The maximum atomic E-state index is 12.8. The molecule has 7 nitrogen and oxygen atoms in total. The van der Waals surface area contributed by atoms with Gasteiger partial charge in [-0.15, -0.1) is 13.2 Å². The smallest absolute Gasteiger partial charge is 0.231 e. The van der Waals surface area contributed by atoms with E-state index >= 15 is 0 Å². The average molecular weight is 440 g/mol. The van der Waals surface area contributed by atoms with Crippen molar-refractivity contribution in [3.05, 3.63) is 54.7 Å². The Labute approximate surface area is 187 Å². The Morgan fingerprint density at radius 1 is 1.09 bits per heavy atom. The maximum absolute atomic E-state index is 12.8. The van der Waals surface area contributed by atoms with Gasteiger partial charge in [0.05, 0.1) is 6.42 Å². The van der Waals surface area contributed by atoms with Gasteiger partial charge in [0.25, 0.3) is 0 Å². The second kappa shape index (κ2) is 7.47. The molecule has 1 aromatic carbocycles. The molecular formula is C25H28O7. The highest BCUT2D eigenvalue weighted by Gasteiger charge is 2.68. The van der Waals surface area contributed by atoms with Crippen LogP contribution in [0.3, 0.4) is 0 Å². The van der Waals surface area contributed by atoms with Crippen LogP contribution in [0, 0.1) is 0 Å². The lowest BCUT2D eigenvalue weighted by Gasteiger charge is -2.54. The van der Waals surface area contributed by atoms with Gasteiger partial charge in [-0.2, -0.15) is 0 Å². The summed E-state index contributed by atoms with van der Waals surface area (Å²) in [6, 6.07) is 3.78. The number of ether oxygens (including phenoxy) is 6. The Hall–Kier alpha value is -2.61. The fourth-order valence-electron chi connectivity index (χ4n) is 4.99. The first-order valence-electron chi connectivity index (χ1n) is 10.9. The molecule has 32 heavy (non-hydrogen) atoms. The number of fused-ring (bicyclic) bond motifs is 1. The molecule has 0 spiro atoms. The van der Waals surface area contributed by atoms with E-state index in [1.54, 1.807) is 6.08 Å². The van der Waals surface area contributed by atoms with E-state index in [9.17, 15) is 4.79 Å². The summed E-state index contributed by atoms with van der Waals surface area (Å²) in [7, 11) is 0. The fourth-order valence-corrected chi connectivity index (χ4v) is 4.99. The monoisotopic (exact) mass is 440 g/mol. The third-order valence-electron chi connectivity index (χ3n) is 6.66. The molecule has 5 rings (SSSR count). The van der Waals surface area contributed by atoms with Crippen molar-refractivity contribution in [1.29, 1.82) is 0 Å². The second-order valence-electron chi connectivity index (χ2n) is 9.13. The number of hydrogen-bond acceptors (Lipinski definition) is 7. The van der Waals surface area contributed by atoms with Gasteiger partial charge in [-0.25, -0.2) is 0 Å². The van der Waals surface area contributed by atoms with Crippen LogP contribution in [0.15, 0.2) is 49.1 Å². The summed E-state index contributed by atoms with van der Waals surface area (Å²) in [6.45, 7) is 11.8. The molecule has 0 unspecified atom stereocenters. The minimum atomic E-state index is -1.16. The van der Waals surface area contributed by atoms with Gasteiger partial charge in [-0.3, -0.25) is 4.79 Å². The summed E-state index contributed by atoms with van der Waals surface area (Å²) in [5.41, 5.74) is -0.0458. The molecule has 3 heterocycles. The first kappa shape index (κ1) is 21.2. The first-order valence-corrected chi connectivity index (χ1v) is 10.9. The maximum Gasteiger partial charge on any atom is 0.231 e. The number of carbonyl (C=O) groups excluding carboxylic acids is 1. The van der Waals surface area contributed by atoms with Crippen molar-refractivity contribution in [2.75, 3.05) is 13.6 Å². The van der Waals surface area contributed by atoms with E-state index in [4.69, 9.17) is 28.4 Å². The number of hydrogen-bond donors (Lipinski definition) is 0. The number of allylic oxidation sites excluding steroid dienone is 3. The molecule has 2 fully saturated rings. The summed E-state index contributed by atoms with van der Waals surface area (Å²) < 4.78 is 36.2. The molecular weight excluding hydrogens is 412 g/mol. The standard InChI is InChI=1S/C25H28O7/c1-5-7-16-9-20-21(28-14-27-20)10-19(16)31-22-13-24-11-17(8-6-2)18(26)12-25(24,30-15-29-24)32-23(22,3)4/h5-6,9-11,22H,1-2,7-8,12-15H2,3-4H3/t22-,24+,25-/m1/s1. The number of benzene rings is 1. The van der Waals surface area contributed by atoms with E-state index in [0.717, 1.165) is 5.56 Å². The summed E-state index contributed by atoms with van der Waals surface area (Å²) in [4.78, 5) is 12.8. The normalized spacial score (nSPS) is 32.0. The number of Topliss-reactive ketones (excluding diaryl/α,β-unsaturated/α-hetero) is 1. The van der Waals surface area contributed by atoms with Crippen LogP contribution >= 0.6 is 0 Å². The molecule has 170 valence electrons. The quantitative estimate of drug-likeness (QED) is 0.619. The Morgan fingerprint density at radius 3 is 2.59 bits per heavy atom. The zero-order valence-corrected chi connectivity index (χ0v) is 18.5. The first-order chi connectivity index (χ1) is 15.3. The van der Waals surface area contributed by atoms with Crippen molar-refractivity contribution in [2.24, 2.45) is 0 Å². The van der Waals surface area contributed by atoms with Crippen LogP contribution in [0.25, 0.3) is 0 Å². The topological polar surface area (TPSA) is 72.5 Å². The molecule has 3 aliphatic heterocycles. The Kier molecular flexibility index (Phi) is 4.96. The van der Waals surface area contributed by atoms with Crippen molar-refractivity contribution in [3.8, 4) is 17.2 Å². The van der Waals surface area contributed by atoms with Gasteiger partial charge in [0.15, 0.2) is 24.1 Å². The molecule has 3 atom stereocenters. The van der Waals surface area contributed by atoms with Crippen LogP contribution in [-0.4, -0.2) is 42.5 Å².